The number of carboxylic acid groups (broad SMARTS) is 1. The Labute approximate surface area is 119 Å². The molecule has 0 radical (unpaired) electrons. The van der Waals surface area contributed by atoms with Crippen molar-refractivity contribution in [2.24, 2.45) is 7.05 Å². The number of rotatable bonds is 8. The molecule has 1 aromatic heterocycles. The Morgan fingerprint density at radius 1 is 1.45 bits per heavy atom. The Balaban J connectivity index is 2.78. The van der Waals surface area contributed by atoms with Gasteiger partial charge in [0, 0.05) is 19.3 Å². The van der Waals surface area contributed by atoms with Gasteiger partial charge < -0.3 is 9.67 Å². The lowest BCUT2D eigenvalue weighted by Gasteiger charge is -2.13. The van der Waals surface area contributed by atoms with Crippen molar-refractivity contribution in [3.63, 3.8) is 0 Å². The molecule has 7 heteroatoms. The number of nitrogens with one attached hydrogen (secondary N) is 1. The second-order valence-electron chi connectivity index (χ2n) is 5.00. The SMILES string of the molecule is CCCCCC(C)NS(=O)(=O)c1cc(C(=O)O)n(C)c1. The largest absolute Gasteiger partial charge is 0.477 e. The van der Waals surface area contributed by atoms with E-state index in [0.717, 1.165) is 25.7 Å². The van der Waals surface area contributed by atoms with Gasteiger partial charge in [0.15, 0.2) is 0 Å². The van der Waals surface area contributed by atoms with Crippen molar-refractivity contribution in [2.75, 3.05) is 0 Å². The van der Waals surface area contributed by atoms with Crippen LogP contribution in [0.15, 0.2) is 17.2 Å². The summed E-state index contributed by atoms with van der Waals surface area (Å²) in [7, 11) is -2.16. The summed E-state index contributed by atoms with van der Waals surface area (Å²) >= 11 is 0. The molecule has 1 rings (SSSR count). The van der Waals surface area contributed by atoms with Crippen molar-refractivity contribution < 1.29 is 18.3 Å². The van der Waals surface area contributed by atoms with E-state index in [-0.39, 0.29) is 16.6 Å². The molecule has 0 spiro atoms. The van der Waals surface area contributed by atoms with Crippen LogP contribution in [0.3, 0.4) is 0 Å². The summed E-state index contributed by atoms with van der Waals surface area (Å²) in [5.74, 6) is -1.15. The smallest absolute Gasteiger partial charge is 0.352 e. The number of aromatic carboxylic acids is 1. The molecule has 0 aliphatic heterocycles. The molecule has 0 aromatic carbocycles. The first-order valence-corrected chi connectivity index (χ1v) is 8.18. The van der Waals surface area contributed by atoms with Gasteiger partial charge in [0.25, 0.3) is 0 Å². The van der Waals surface area contributed by atoms with Crippen LogP contribution in [0.5, 0.6) is 0 Å². The van der Waals surface area contributed by atoms with E-state index in [4.69, 9.17) is 5.11 Å². The third kappa shape index (κ3) is 4.35. The number of hydrogen-bond acceptors (Lipinski definition) is 3. The van der Waals surface area contributed by atoms with Crippen molar-refractivity contribution in [3.8, 4) is 0 Å². The zero-order chi connectivity index (χ0) is 15.3. The predicted octanol–water partition coefficient (Wildman–Crippen LogP) is 1.97. The second-order valence-corrected chi connectivity index (χ2v) is 6.71. The summed E-state index contributed by atoms with van der Waals surface area (Å²) in [5, 5.41) is 8.93. The van der Waals surface area contributed by atoms with Crippen LogP contribution in [-0.2, 0) is 17.1 Å². The lowest BCUT2D eigenvalue weighted by Crippen LogP contribution is -2.32. The Morgan fingerprint density at radius 2 is 2.10 bits per heavy atom. The van der Waals surface area contributed by atoms with Crippen molar-refractivity contribution in [3.05, 3.63) is 18.0 Å². The molecule has 0 aliphatic carbocycles. The number of nitrogens with zero attached hydrogens (tertiary/aromatic N) is 1. The number of sulfonamides is 1. The first-order chi connectivity index (χ1) is 9.27. The van der Waals surface area contributed by atoms with E-state index in [1.165, 1.54) is 23.9 Å². The lowest BCUT2D eigenvalue weighted by atomic mass is 10.1. The molecule has 1 aromatic rings. The van der Waals surface area contributed by atoms with Crippen LogP contribution in [0.2, 0.25) is 0 Å². The molecule has 1 heterocycles. The minimum Gasteiger partial charge on any atom is -0.477 e. The Bertz CT molecular complexity index is 563. The fraction of sp³-hybridized carbons (Fsp3) is 0.615. The van der Waals surface area contributed by atoms with Crippen LogP contribution >= 0.6 is 0 Å². The van der Waals surface area contributed by atoms with Crippen molar-refractivity contribution in [1.82, 2.24) is 9.29 Å². The van der Waals surface area contributed by atoms with E-state index in [0.29, 0.717) is 0 Å². The predicted molar refractivity (Wildman–Crippen MR) is 76.3 cm³/mol. The molecule has 114 valence electrons. The van der Waals surface area contributed by atoms with E-state index < -0.39 is 16.0 Å². The van der Waals surface area contributed by atoms with Gasteiger partial charge in [0.1, 0.15) is 10.6 Å². The van der Waals surface area contributed by atoms with E-state index in [9.17, 15) is 13.2 Å². The van der Waals surface area contributed by atoms with Crippen LogP contribution in [-0.4, -0.2) is 30.1 Å². The minimum absolute atomic E-state index is 0.0141. The number of carbonyl (C=O) groups is 1. The van der Waals surface area contributed by atoms with Crippen LogP contribution in [0.1, 0.15) is 50.0 Å². The molecular weight excluding hydrogens is 280 g/mol. The molecule has 0 fully saturated rings. The third-order valence-electron chi connectivity index (χ3n) is 3.11. The number of hydrogen-bond donors (Lipinski definition) is 2. The molecule has 0 bridgehead atoms. The highest BCUT2D eigenvalue weighted by Crippen LogP contribution is 2.15. The number of aryl methyl sites for hydroxylation is 1. The van der Waals surface area contributed by atoms with E-state index in [2.05, 4.69) is 11.6 Å². The zero-order valence-electron chi connectivity index (χ0n) is 12.1. The second kappa shape index (κ2) is 6.90. The molecule has 2 N–H and O–H groups in total. The maximum atomic E-state index is 12.1. The van der Waals surface area contributed by atoms with Gasteiger partial charge in [-0.15, -0.1) is 0 Å². The standard InChI is InChI=1S/C13H22N2O4S/c1-4-5-6-7-10(2)14-20(18,19)11-8-12(13(16)17)15(3)9-11/h8-10,14H,4-7H2,1-3H3,(H,16,17). The molecular formula is C13H22N2O4S. The lowest BCUT2D eigenvalue weighted by molar-refractivity contribution is 0.0686. The van der Waals surface area contributed by atoms with Crippen molar-refractivity contribution >= 4 is 16.0 Å². The molecule has 1 unspecified atom stereocenters. The highest BCUT2D eigenvalue weighted by Gasteiger charge is 2.21. The van der Waals surface area contributed by atoms with Crippen LogP contribution in [0.25, 0.3) is 0 Å². The van der Waals surface area contributed by atoms with Gasteiger partial charge in [-0.05, 0) is 19.4 Å². The van der Waals surface area contributed by atoms with E-state index in [1.54, 1.807) is 0 Å². The fourth-order valence-electron chi connectivity index (χ4n) is 1.99. The van der Waals surface area contributed by atoms with Gasteiger partial charge in [-0.25, -0.2) is 17.9 Å². The molecule has 1 atom stereocenters. The molecule has 20 heavy (non-hydrogen) atoms. The normalized spacial score (nSPS) is 13.3. The maximum absolute atomic E-state index is 12.1. The Morgan fingerprint density at radius 3 is 2.60 bits per heavy atom. The first kappa shape index (κ1) is 16.7. The van der Waals surface area contributed by atoms with Gasteiger partial charge in [-0.3, -0.25) is 0 Å². The van der Waals surface area contributed by atoms with Gasteiger partial charge in [0.05, 0.1) is 0 Å². The number of carboxylic acids is 1. The third-order valence-corrected chi connectivity index (χ3v) is 4.66. The number of unbranched alkanes of at least 4 members (excludes halogenated alkanes) is 2. The highest BCUT2D eigenvalue weighted by atomic mass is 32.2. The molecule has 0 aliphatic rings. The van der Waals surface area contributed by atoms with E-state index in [1.807, 2.05) is 6.92 Å². The minimum atomic E-state index is -3.67. The summed E-state index contributed by atoms with van der Waals surface area (Å²) in [5.41, 5.74) is -0.0518. The number of aromatic nitrogens is 1. The quantitative estimate of drug-likeness (QED) is 0.719. The van der Waals surface area contributed by atoms with Crippen LogP contribution in [0.4, 0.5) is 0 Å². The average molecular weight is 302 g/mol. The zero-order valence-corrected chi connectivity index (χ0v) is 12.9. The Hall–Kier alpha value is -1.34. The maximum Gasteiger partial charge on any atom is 0.352 e. The highest BCUT2D eigenvalue weighted by molar-refractivity contribution is 7.89. The van der Waals surface area contributed by atoms with Gasteiger partial charge in [-0.2, -0.15) is 0 Å². The van der Waals surface area contributed by atoms with E-state index >= 15 is 0 Å². The monoisotopic (exact) mass is 302 g/mol. The van der Waals surface area contributed by atoms with Crippen molar-refractivity contribution in [2.45, 2.75) is 50.5 Å². The van der Waals surface area contributed by atoms with Crippen LogP contribution < -0.4 is 4.72 Å². The van der Waals surface area contributed by atoms with Crippen LogP contribution in [0, 0.1) is 0 Å². The summed E-state index contributed by atoms with van der Waals surface area (Å²) in [4.78, 5) is 10.9. The van der Waals surface area contributed by atoms with Gasteiger partial charge >= 0.3 is 5.97 Å². The summed E-state index contributed by atoms with van der Waals surface area (Å²) in [6, 6.07) is 1.00. The molecule has 0 saturated heterocycles. The topological polar surface area (TPSA) is 88.4 Å². The average Bonchev–Trinajstić information content (AvgIpc) is 2.72. The summed E-state index contributed by atoms with van der Waals surface area (Å²) in [6.45, 7) is 3.90. The molecule has 0 saturated carbocycles. The summed E-state index contributed by atoms with van der Waals surface area (Å²) < 4.78 is 28.2. The Kier molecular flexibility index (Phi) is 5.76. The van der Waals surface area contributed by atoms with Gasteiger partial charge in [0.2, 0.25) is 10.0 Å². The summed E-state index contributed by atoms with van der Waals surface area (Å²) in [6.07, 6.45) is 5.20. The first-order valence-electron chi connectivity index (χ1n) is 6.70. The fourth-order valence-corrected chi connectivity index (χ4v) is 3.33. The molecule has 0 amide bonds. The van der Waals surface area contributed by atoms with Gasteiger partial charge in [-0.1, -0.05) is 26.2 Å². The van der Waals surface area contributed by atoms with Crippen molar-refractivity contribution in [1.29, 1.82) is 0 Å². The molecule has 6 nitrogen and oxygen atoms in total.